The van der Waals surface area contributed by atoms with Gasteiger partial charge < -0.3 is 15.4 Å². The van der Waals surface area contributed by atoms with Crippen LogP contribution in [0.2, 0.25) is 0 Å². The molecule has 0 amide bonds. The number of methoxy groups -OCH3 is 1. The number of esters is 1. The maximum atomic E-state index is 12.5. The van der Waals surface area contributed by atoms with Crippen LogP contribution in [0.15, 0.2) is 54.6 Å². The zero-order valence-electron chi connectivity index (χ0n) is 15.3. The van der Waals surface area contributed by atoms with Gasteiger partial charge in [0.1, 0.15) is 10.6 Å². The highest BCUT2D eigenvalue weighted by Gasteiger charge is 2.24. The van der Waals surface area contributed by atoms with E-state index in [9.17, 15) is 4.79 Å². The van der Waals surface area contributed by atoms with E-state index in [4.69, 9.17) is 17.0 Å². The van der Waals surface area contributed by atoms with Crippen molar-refractivity contribution in [3.05, 3.63) is 70.6 Å². The largest absolute Gasteiger partial charge is 0.465 e. The molecule has 2 aromatic carbocycles. The maximum absolute atomic E-state index is 12.5. The molecule has 27 heavy (non-hydrogen) atoms. The van der Waals surface area contributed by atoms with Crippen LogP contribution in [-0.2, 0) is 4.74 Å². The minimum atomic E-state index is -0.390. The topological polar surface area (TPSA) is 50.4 Å². The Labute approximate surface area is 168 Å². The van der Waals surface area contributed by atoms with Crippen molar-refractivity contribution in [2.45, 2.75) is 13.8 Å². The summed E-state index contributed by atoms with van der Waals surface area (Å²) in [6.45, 7) is 4.02. The number of nitrogens with one attached hydrogen (secondary N) is 2. The van der Waals surface area contributed by atoms with Crippen LogP contribution in [0, 0.1) is 13.8 Å². The van der Waals surface area contributed by atoms with Crippen LogP contribution >= 0.6 is 23.6 Å². The van der Waals surface area contributed by atoms with E-state index in [1.807, 2.05) is 68.4 Å². The quantitative estimate of drug-likeness (QED) is 0.442. The Morgan fingerprint density at radius 3 is 2.30 bits per heavy atom. The van der Waals surface area contributed by atoms with E-state index < -0.39 is 0 Å². The molecule has 0 aliphatic heterocycles. The number of ether oxygens (including phenoxy) is 1. The number of rotatable bonds is 4. The Kier molecular flexibility index (Phi) is 5.88. The Bertz CT molecular complexity index is 964. The first-order valence-electron chi connectivity index (χ1n) is 8.41. The van der Waals surface area contributed by atoms with Crippen molar-refractivity contribution in [2.24, 2.45) is 0 Å². The predicted octanol–water partition coefficient (Wildman–Crippen LogP) is 5.63. The highest BCUT2D eigenvalue weighted by atomic mass is 32.1. The van der Waals surface area contributed by atoms with E-state index in [1.165, 1.54) is 24.0 Å². The summed E-state index contributed by atoms with van der Waals surface area (Å²) >= 11 is 6.92. The minimum absolute atomic E-state index is 0.390. The van der Waals surface area contributed by atoms with Crippen molar-refractivity contribution in [3.8, 4) is 11.1 Å². The van der Waals surface area contributed by atoms with Gasteiger partial charge in [0, 0.05) is 16.1 Å². The van der Waals surface area contributed by atoms with E-state index >= 15 is 0 Å². The normalized spacial score (nSPS) is 10.3. The standard InChI is InChI=1S/C21H20N2O2S2/c1-13-9-11-16(12-10-13)22-21(26)23-19-18(20(24)25-3)17(14(2)27-19)15-7-5-4-6-8-15/h4-12H,1-3H3,(H2,22,23,26). The molecule has 2 N–H and O–H groups in total. The van der Waals surface area contributed by atoms with Crippen molar-refractivity contribution in [3.63, 3.8) is 0 Å². The molecule has 0 aliphatic rings. The number of thiocarbonyl (C=S) groups is 1. The molecular weight excluding hydrogens is 376 g/mol. The van der Waals surface area contributed by atoms with E-state index in [-0.39, 0.29) is 5.97 Å². The van der Waals surface area contributed by atoms with Crippen LogP contribution in [0.3, 0.4) is 0 Å². The summed E-state index contributed by atoms with van der Waals surface area (Å²) in [6.07, 6.45) is 0. The van der Waals surface area contributed by atoms with Crippen molar-refractivity contribution >= 4 is 45.3 Å². The number of anilines is 2. The van der Waals surface area contributed by atoms with Gasteiger partial charge in [0.15, 0.2) is 5.11 Å². The molecule has 4 nitrogen and oxygen atoms in total. The Balaban J connectivity index is 1.92. The number of hydrogen-bond donors (Lipinski definition) is 2. The van der Waals surface area contributed by atoms with Crippen LogP contribution in [0.1, 0.15) is 20.8 Å². The molecule has 0 fully saturated rings. The summed E-state index contributed by atoms with van der Waals surface area (Å²) in [5.41, 5.74) is 4.40. The van der Waals surface area contributed by atoms with Gasteiger partial charge in [-0.05, 0) is 43.8 Å². The third-order valence-electron chi connectivity index (χ3n) is 4.07. The number of hydrogen-bond acceptors (Lipinski definition) is 4. The molecule has 0 saturated carbocycles. The van der Waals surface area contributed by atoms with E-state index in [2.05, 4.69) is 10.6 Å². The smallest absolute Gasteiger partial charge is 0.341 e. The van der Waals surface area contributed by atoms with Crippen LogP contribution in [0.5, 0.6) is 0 Å². The minimum Gasteiger partial charge on any atom is -0.465 e. The fraction of sp³-hybridized carbons (Fsp3) is 0.143. The highest BCUT2D eigenvalue weighted by Crippen LogP contribution is 2.40. The number of thiophene rings is 1. The van der Waals surface area contributed by atoms with Gasteiger partial charge in [-0.1, -0.05) is 48.0 Å². The first-order valence-corrected chi connectivity index (χ1v) is 9.64. The Hall–Kier alpha value is -2.70. The molecule has 0 bridgehead atoms. The van der Waals surface area contributed by atoms with Gasteiger partial charge in [-0.3, -0.25) is 0 Å². The summed E-state index contributed by atoms with van der Waals surface area (Å²) in [4.78, 5) is 13.5. The maximum Gasteiger partial charge on any atom is 0.341 e. The van der Waals surface area contributed by atoms with Crippen molar-refractivity contribution in [1.82, 2.24) is 0 Å². The lowest BCUT2D eigenvalue weighted by Crippen LogP contribution is -2.20. The van der Waals surface area contributed by atoms with E-state index in [0.717, 1.165) is 21.7 Å². The average Bonchev–Trinajstić information content (AvgIpc) is 2.99. The van der Waals surface area contributed by atoms with Crippen LogP contribution < -0.4 is 10.6 Å². The number of benzene rings is 2. The fourth-order valence-corrected chi connectivity index (χ4v) is 4.14. The molecule has 0 radical (unpaired) electrons. The van der Waals surface area contributed by atoms with E-state index in [0.29, 0.717) is 15.7 Å². The summed E-state index contributed by atoms with van der Waals surface area (Å²) in [6, 6.07) is 17.7. The van der Waals surface area contributed by atoms with Gasteiger partial charge in [-0.15, -0.1) is 11.3 Å². The second-order valence-corrected chi connectivity index (χ2v) is 7.67. The fourth-order valence-electron chi connectivity index (χ4n) is 2.78. The molecule has 3 rings (SSSR count). The summed E-state index contributed by atoms with van der Waals surface area (Å²) in [7, 11) is 1.39. The summed E-state index contributed by atoms with van der Waals surface area (Å²) in [5.74, 6) is -0.390. The Morgan fingerprint density at radius 2 is 1.67 bits per heavy atom. The van der Waals surface area contributed by atoms with Gasteiger partial charge in [-0.25, -0.2) is 4.79 Å². The molecule has 6 heteroatoms. The summed E-state index contributed by atoms with van der Waals surface area (Å²) in [5, 5.41) is 7.39. The molecule has 1 aromatic heterocycles. The van der Waals surface area contributed by atoms with Gasteiger partial charge >= 0.3 is 5.97 Å². The lowest BCUT2D eigenvalue weighted by atomic mass is 10.0. The number of carbonyl (C=O) groups excluding carboxylic acids is 1. The first-order chi connectivity index (χ1) is 13.0. The Morgan fingerprint density at radius 1 is 1.00 bits per heavy atom. The summed E-state index contributed by atoms with van der Waals surface area (Å²) < 4.78 is 5.03. The second-order valence-electron chi connectivity index (χ2n) is 6.04. The van der Waals surface area contributed by atoms with E-state index in [1.54, 1.807) is 0 Å². The third-order valence-corrected chi connectivity index (χ3v) is 5.30. The first kappa shape index (κ1) is 19.1. The molecule has 0 spiro atoms. The van der Waals surface area contributed by atoms with Crippen LogP contribution in [-0.4, -0.2) is 18.2 Å². The molecule has 138 valence electrons. The monoisotopic (exact) mass is 396 g/mol. The molecule has 0 unspecified atom stereocenters. The van der Waals surface area contributed by atoms with Crippen molar-refractivity contribution in [1.29, 1.82) is 0 Å². The molecule has 0 saturated heterocycles. The molecule has 1 heterocycles. The second kappa shape index (κ2) is 8.33. The molecular formula is C21H20N2O2S2. The highest BCUT2D eigenvalue weighted by molar-refractivity contribution is 7.80. The molecule has 3 aromatic rings. The zero-order chi connectivity index (χ0) is 19.4. The van der Waals surface area contributed by atoms with Crippen LogP contribution in [0.4, 0.5) is 10.7 Å². The number of aryl methyl sites for hydroxylation is 2. The third kappa shape index (κ3) is 4.35. The SMILES string of the molecule is COC(=O)c1c(NC(=S)Nc2ccc(C)cc2)sc(C)c1-c1ccccc1. The lowest BCUT2D eigenvalue weighted by Gasteiger charge is -2.11. The van der Waals surface area contributed by atoms with Gasteiger partial charge in [0.25, 0.3) is 0 Å². The number of carbonyl (C=O) groups is 1. The van der Waals surface area contributed by atoms with Crippen LogP contribution in [0.25, 0.3) is 11.1 Å². The van der Waals surface area contributed by atoms with Gasteiger partial charge in [-0.2, -0.15) is 0 Å². The molecule has 0 atom stereocenters. The predicted molar refractivity (Wildman–Crippen MR) is 117 cm³/mol. The van der Waals surface area contributed by atoms with Crippen molar-refractivity contribution in [2.75, 3.05) is 17.7 Å². The van der Waals surface area contributed by atoms with Crippen molar-refractivity contribution < 1.29 is 9.53 Å². The van der Waals surface area contributed by atoms with Gasteiger partial charge in [0.05, 0.1) is 7.11 Å². The molecule has 0 aliphatic carbocycles. The average molecular weight is 397 g/mol. The lowest BCUT2D eigenvalue weighted by molar-refractivity contribution is 0.0603. The van der Waals surface area contributed by atoms with Gasteiger partial charge in [0.2, 0.25) is 0 Å². The zero-order valence-corrected chi connectivity index (χ0v) is 17.0.